The predicted molar refractivity (Wildman–Crippen MR) is 46.9 cm³/mol. The molecule has 12 heavy (non-hydrogen) atoms. The van der Waals surface area contributed by atoms with Gasteiger partial charge in [-0.15, -0.1) is 0 Å². The van der Waals surface area contributed by atoms with E-state index in [1.807, 2.05) is 0 Å². The molecule has 0 radical (unpaired) electrons. The van der Waals surface area contributed by atoms with Crippen LogP contribution in [0.4, 0.5) is 4.39 Å². The van der Waals surface area contributed by atoms with Crippen LogP contribution in [-0.4, -0.2) is 43.8 Å². The third kappa shape index (κ3) is 1.96. The van der Waals surface area contributed by atoms with Crippen LogP contribution >= 0.6 is 0 Å². The summed E-state index contributed by atoms with van der Waals surface area (Å²) in [6.07, 6.45) is 2.75. The third-order valence-corrected chi connectivity index (χ3v) is 2.88. The van der Waals surface area contributed by atoms with E-state index in [2.05, 4.69) is 10.2 Å². The van der Waals surface area contributed by atoms with Gasteiger partial charge in [-0.1, -0.05) is 0 Å². The summed E-state index contributed by atoms with van der Waals surface area (Å²) < 4.78 is 12.1. The van der Waals surface area contributed by atoms with Crippen LogP contribution in [-0.2, 0) is 0 Å². The first-order chi connectivity index (χ1) is 5.90. The fraction of sp³-hybridized carbons (Fsp3) is 1.00. The summed E-state index contributed by atoms with van der Waals surface area (Å²) in [5.41, 5.74) is 0. The van der Waals surface area contributed by atoms with Crippen molar-refractivity contribution >= 4 is 0 Å². The molecule has 0 bridgehead atoms. The van der Waals surface area contributed by atoms with Gasteiger partial charge in [0.15, 0.2) is 0 Å². The second kappa shape index (κ2) is 3.71. The number of piperazine rings is 1. The van der Waals surface area contributed by atoms with Crippen LogP contribution in [0.3, 0.4) is 0 Å². The molecule has 1 aliphatic heterocycles. The Morgan fingerprint density at radius 1 is 1.42 bits per heavy atom. The van der Waals surface area contributed by atoms with Crippen LogP contribution in [0, 0.1) is 5.92 Å². The van der Waals surface area contributed by atoms with Gasteiger partial charge in [-0.05, 0) is 18.8 Å². The Kier molecular flexibility index (Phi) is 2.61. The molecule has 0 aromatic carbocycles. The van der Waals surface area contributed by atoms with Crippen molar-refractivity contribution in [3.05, 3.63) is 0 Å². The Morgan fingerprint density at radius 3 is 2.92 bits per heavy atom. The Balaban J connectivity index is 1.77. The zero-order valence-corrected chi connectivity index (χ0v) is 7.43. The van der Waals surface area contributed by atoms with Gasteiger partial charge < -0.3 is 5.32 Å². The molecule has 3 heteroatoms. The lowest BCUT2D eigenvalue weighted by molar-refractivity contribution is 0.176. The molecule has 0 aromatic rings. The highest BCUT2D eigenvalue weighted by Crippen LogP contribution is 2.33. The molecule has 1 saturated heterocycles. The molecule has 0 spiro atoms. The van der Waals surface area contributed by atoms with Crippen molar-refractivity contribution in [3.63, 3.8) is 0 Å². The average molecular weight is 172 g/mol. The summed E-state index contributed by atoms with van der Waals surface area (Å²) in [4.78, 5) is 2.24. The predicted octanol–water partition coefficient (Wildman–Crippen LogP) is 0.640. The molecule has 0 amide bonds. The largest absolute Gasteiger partial charge is 0.311 e. The Morgan fingerprint density at radius 2 is 2.25 bits per heavy atom. The Bertz CT molecular complexity index is 145. The Labute approximate surface area is 73.1 Å². The molecular formula is C9H17FN2. The highest BCUT2D eigenvalue weighted by molar-refractivity contribution is 4.90. The van der Waals surface area contributed by atoms with Gasteiger partial charge in [0, 0.05) is 32.2 Å². The van der Waals surface area contributed by atoms with Gasteiger partial charge >= 0.3 is 0 Å². The topological polar surface area (TPSA) is 15.3 Å². The van der Waals surface area contributed by atoms with E-state index in [-0.39, 0.29) is 6.67 Å². The van der Waals surface area contributed by atoms with E-state index >= 15 is 0 Å². The van der Waals surface area contributed by atoms with Gasteiger partial charge in [0.25, 0.3) is 0 Å². The van der Waals surface area contributed by atoms with Gasteiger partial charge in [-0.3, -0.25) is 4.90 Å². The molecule has 2 fully saturated rings. The van der Waals surface area contributed by atoms with Crippen LogP contribution < -0.4 is 5.32 Å². The molecule has 1 aliphatic carbocycles. The normalized spacial score (nSPS) is 32.2. The summed E-state index contributed by atoms with van der Waals surface area (Å²) >= 11 is 0. The van der Waals surface area contributed by atoms with E-state index in [1.165, 1.54) is 12.8 Å². The molecule has 1 heterocycles. The van der Waals surface area contributed by atoms with Crippen LogP contribution in [0.25, 0.3) is 0 Å². The minimum atomic E-state index is -0.197. The number of rotatable bonds is 3. The zero-order chi connectivity index (χ0) is 8.39. The van der Waals surface area contributed by atoms with Crippen LogP contribution in [0.5, 0.6) is 0 Å². The molecule has 1 atom stereocenters. The Hall–Kier alpha value is -0.150. The molecule has 1 unspecified atom stereocenters. The maximum absolute atomic E-state index is 12.1. The van der Waals surface area contributed by atoms with E-state index in [4.69, 9.17) is 0 Å². The van der Waals surface area contributed by atoms with Gasteiger partial charge in [-0.25, -0.2) is 4.39 Å². The lowest BCUT2D eigenvalue weighted by Gasteiger charge is -2.33. The number of nitrogens with one attached hydrogen (secondary N) is 1. The molecule has 1 N–H and O–H groups in total. The van der Waals surface area contributed by atoms with Crippen LogP contribution in [0.1, 0.15) is 12.8 Å². The van der Waals surface area contributed by atoms with Gasteiger partial charge in [0.2, 0.25) is 0 Å². The highest BCUT2D eigenvalue weighted by atomic mass is 19.1. The van der Waals surface area contributed by atoms with E-state index in [0.29, 0.717) is 12.6 Å². The maximum Gasteiger partial charge on any atom is 0.102 e. The zero-order valence-electron chi connectivity index (χ0n) is 7.43. The smallest absolute Gasteiger partial charge is 0.102 e. The molecular weight excluding hydrogens is 155 g/mol. The number of hydrogen-bond donors (Lipinski definition) is 1. The van der Waals surface area contributed by atoms with Crippen molar-refractivity contribution < 1.29 is 4.39 Å². The van der Waals surface area contributed by atoms with E-state index in [0.717, 1.165) is 25.6 Å². The van der Waals surface area contributed by atoms with Crippen molar-refractivity contribution in [3.8, 4) is 0 Å². The minimum Gasteiger partial charge on any atom is -0.311 e. The lowest BCUT2D eigenvalue weighted by atomic mass is 10.1. The summed E-state index contributed by atoms with van der Waals surface area (Å²) in [7, 11) is 0. The number of hydrogen-bond acceptors (Lipinski definition) is 2. The average Bonchev–Trinajstić information content (AvgIpc) is 2.88. The summed E-state index contributed by atoms with van der Waals surface area (Å²) in [5, 5.41) is 3.51. The van der Waals surface area contributed by atoms with Crippen molar-refractivity contribution in [2.45, 2.75) is 18.9 Å². The van der Waals surface area contributed by atoms with Gasteiger partial charge in [0.1, 0.15) is 6.67 Å². The molecule has 2 nitrogen and oxygen atoms in total. The summed E-state index contributed by atoms with van der Waals surface area (Å²) in [6, 6.07) is 0.658. The minimum absolute atomic E-state index is 0.197. The quantitative estimate of drug-likeness (QED) is 0.672. The van der Waals surface area contributed by atoms with Gasteiger partial charge in [-0.2, -0.15) is 0 Å². The van der Waals surface area contributed by atoms with Gasteiger partial charge in [0.05, 0.1) is 0 Å². The SMILES string of the molecule is FCCN1CCNC(C2CC2)C1. The van der Waals surface area contributed by atoms with Crippen molar-refractivity contribution in [2.24, 2.45) is 5.92 Å². The number of alkyl halides is 1. The number of halogens is 1. The fourth-order valence-electron chi connectivity index (χ4n) is 1.98. The van der Waals surface area contributed by atoms with E-state index in [1.54, 1.807) is 0 Å². The second-order valence-electron chi connectivity index (χ2n) is 3.89. The van der Waals surface area contributed by atoms with Crippen molar-refractivity contribution in [1.82, 2.24) is 10.2 Å². The second-order valence-corrected chi connectivity index (χ2v) is 3.89. The first kappa shape index (κ1) is 8.45. The lowest BCUT2D eigenvalue weighted by Crippen LogP contribution is -2.52. The molecule has 2 rings (SSSR count). The highest BCUT2D eigenvalue weighted by Gasteiger charge is 2.33. The van der Waals surface area contributed by atoms with E-state index in [9.17, 15) is 4.39 Å². The first-order valence-electron chi connectivity index (χ1n) is 4.92. The molecule has 2 aliphatic rings. The monoisotopic (exact) mass is 172 g/mol. The van der Waals surface area contributed by atoms with Crippen LogP contribution in [0.15, 0.2) is 0 Å². The standard InChI is InChI=1S/C9H17FN2/c10-3-5-12-6-4-11-9(7-12)8-1-2-8/h8-9,11H,1-7H2. The molecule has 0 aromatic heterocycles. The first-order valence-corrected chi connectivity index (χ1v) is 4.92. The van der Waals surface area contributed by atoms with Crippen molar-refractivity contribution in [2.75, 3.05) is 32.9 Å². The summed E-state index contributed by atoms with van der Waals surface area (Å²) in [6.45, 7) is 3.56. The van der Waals surface area contributed by atoms with E-state index < -0.39 is 0 Å². The molecule has 70 valence electrons. The third-order valence-electron chi connectivity index (χ3n) is 2.88. The molecule has 1 saturated carbocycles. The van der Waals surface area contributed by atoms with Crippen LogP contribution in [0.2, 0.25) is 0 Å². The fourth-order valence-corrected chi connectivity index (χ4v) is 1.98. The number of nitrogens with zero attached hydrogens (tertiary/aromatic N) is 1. The summed E-state index contributed by atoms with van der Waals surface area (Å²) in [5.74, 6) is 0.896. The maximum atomic E-state index is 12.1. The van der Waals surface area contributed by atoms with Crippen molar-refractivity contribution in [1.29, 1.82) is 0 Å².